The number of aromatic nitrogens is 2. The lowest BCUT2D eigenvalue weighted by Gasteiger charge is -2.04. The second kappa shape index (κ2) is 4.55. The lowest BCUT2D eigenvalue weighted by atomic mass is 10.1. The Labute approximate surface area is 89.2 Å². The van der Waals surface area contributed by atoms with Crippen LogP contribution in [-0.4, -0.2) is 16.5 Å². The second-order valence-corrected chi connectivity index (χ2v) is 3.23. The van der Waals surface area contributed by atoms with Gasteiger partial charge < -0.3 is 5.32 Å². The highest BCUT2D eigenvalue weighted by atomic mass is 14.8. The fourth-order valence-electron chi connectivity index (χ4n) is 1.43. The highest BCUT2D eigenvalue weighted by Crippen LogP contribution is 2.19. The molecule has 0 unspecified atom stereocenters. The Balaban J connectivity index is 2.24. The van der Waals surface area contributed by atoms with E-state index in [0.717, 1.165) is 23.4 Å². The van der Waals surface area contributed by atoms with Crippen LogP contribution in [0, 0.1) is 0 Å². The minimum atomic E-state index is 0.938. The van der Waals surface area contributed by atoms with Crippen molar-refractivity contribution in [2.45, 2.75) is 6.92 Å². The summed E-state index contributed by atoms with van der Waals surface area (Å²) in [6, 6.07) is 8.25. The molecule has 0 atom stereocenters. The summed E-state index contributed by atoms with van der Waals surface area (Å²) in [6.07, 6.45) is 5.17. The highest BCUT2D eigenvalue weighted by Gasteiger charge is 1.97. The van der Waals surface area contributed by atoms with Gasteiger partial charge in [0.1, 0.15) is 6.33 Å². The van der Waals surface area contributed by atoms with Crippen molar-refractivity contribution in [3.05, 3.63) is 43.0 Å². The Hall–Kier alpha value is -1.90. The van der Waals surface area contributed by atoms with E-state index in [0.29, 0.717) is 0 Å². The molecule has 2 rings (SSSR count). The largest absolute Gasteiger partial charge is 0.385 e. The summed E-state index contributed by atoms with van der Waals surface area (Å²) in [5, 5.41) is 3.25. The van der Waals surface area contributed by atoms with E-state index < -0.39 is 0 Å². The standard InChI is InChI=1S/C12H13N3/c1-2-15-12-5-3-10(4-6-12)11-7-13-9-14-8-11/h3-9,15H,2H2,1H3. The van der Waals surface area contributed by atoms with Crippen LogP contribution < -0.4 is 5.32 Å². The molecule has 0 amide bonds. The molecule has 0 aliphatic carbocycles. The molecule has 3 nitrogen and oxygen atoms in total. The highest BCUT2D eigenvalue weighted by molar-refractivity contribution is 5.64. The van der Waals surface area contributed by atoms with Crippen LogP contribution >= 0.6 is 0 Å². The van der Waals surface area contributed by atoms with E-state index in [1.807, 2.05) is 12.4 Å². The summed E-state index contributed by atoms with van der Waals surface area (Å²) in [4.78, 5) is 7.99. The van der Waals surface area contributed by atoms with Gasteiger partial charge in [-0.05, 0) is 24.6 Å². The Bertz CT molecular complexity index is 409. The molecule has 1 aromatic carbocycles. The lowest BCUT2D eigenvalue weighted by Crippen LogP contribution is -1.95. The number of anilines is 1. The van der Waals surface area contributed by atoms with E-state index in [1.54, 1.807) is 0 Å². The van der Waals surface area contributed by atoms with E-state index in [1.165, 1.54) is 6.33 Å². The van der Waals surface area contributed by atoms with Gasteiger partial charge in [-0.2, -0.15) is 0 Å². The van der Waals surface area contributed by atoms with Crippen molar-refractivity contribution in [3.8, 4) is 11.1 Å². The van der Waals surface area contributed by atoms with Crippen LogP contribution in [0.5, 0.6) is 0 Å². The minimum absolute atomic E-state index is 0.938. The maximum Gasteiger partial charge on any atom is 0.115 e. The first-order valence-corrected chi connectivity index (χ1v) is 4.99. The second-order valence-electron chi connectivity index (χ2n) is 3.23. The molecule has 0 saturated heterocycles. The van der Waals surface area contributed by atoms with Gasteiger partial charge in [0.2, 0.25) is 0 Å². The molecular formula is C12H13N3. The number of nitrogens with zero attached hydrogens (tertiary/aromatic N) is 2. The third kappa shape index (κ3) is 2.31. The number of hydrogen-bond acceptors (Lipinski definition) is 3. The predicted molar refractivity (Wildman–Crippen MR) is 61.6 cm³/mol. The lowest BCUT2D eigenvalue weighted by molar-refractivity contribution is 1.17. The summed E-state index contributed by atoms with van der Waals surface area (Å²) in [6.45, 7) is 3.02. The summed E-state index contributed by atoms with van der Waals surface area (Å²) in [7, 11) is 0. The number of nitrogens with one attached hydrogen (secondary N) is 1. The van der Waals surface area contributed by atoms with Gasteiger partial charge >= 0.3 is 0 Å². The molecule has 0 spiro atoms. The first-order chi connectivity index (χ1) is 7.40. The Morgan fingerprint density at radius 1 is 1.00 bits per heavy atom. The fraction of sp³-hybridized carbons (Fsp3) is 0.167. The SMILES string of the molecule is CCNc1ccc(-c2cncnc2)cc1. The molecule has 0 saturated carbocycles. The van der Waals surface area contributed by atoms with Crippen molar-refractivity contribution in [1.82, 2.24) is 9.97 Å². The van der Waals surface area contributed by atoms with Crippen molar-refractivity contribution in [2.24, 2.45) is 0 Å². The summed E-state index contributed by atoms with van der Waals surface area (Å²) in [5.74, 6) is 0. The zero-order valence-corrected chi connectivity index (χ0v) is 8.64. The Morgan fingerprint density at radius 3 is 2.27 bits per heavy atom. The first kappa shape index (κ1) is 9.65. The maximum atomic E-state index is 3.99. The van der Waals surface area contributed by atoms with Crippen LogP contribution in [0.1, 0.15) is 6.92 Å². The zero-order chi connectivity index (χ0) is 10.5. The van der Waals surface area contributed by atoms with Gasteiger partial charge in [0.05, 0.1) is 0 Å². The van der Waals surface area contributed by atoms with Gasteiger partial charge in [0.15, 0.2) is 0 Å². The average molecular weight is 199 g/mol. The fourth-order valence-corrected chi connectivity index (χ4v) is 1.43. The summed E-state index contributed by atoms with van der Waals surface area (Å²) < 4.78 is 0. The minimum Gasteiger partial charge on any atom is -0.385 e. The summed E-state index contributed by atoms with van der Waals surface area (Å²) >= 11 is 0. The number of benzene rings is 1. The predicted octanol–water partition coefficient (Wildman–Crippen LogP) is 2.58. The van der Waals surface area contributed by atoms with Gasteiger partial charge in [-0.3, -0.25) is 0 Å². The van der Waals surface area contributed by atoms with Crippen LogP contribution in [0.3, 0.4) is 0 Å². The number of hydrogen-bond donors (Lipinski definition) is 1. The van der Waals surface area contributed by atoms with Gasteiger partial charge in [-0.15, -0.1) is 0 Å². The molecule has 1 aromatic heterocycles. The quantitative estimate of drug-likeness (QED) is 0.825. The van der Waals surface area contributed by atoms with E-state index in [9.17, 15) is 0 Å². The van der Waals surface area contributed by atoms with Crippen molar-refractivity contribution in [1.29, 1.82) is 0 Å². The molecule has 0 fully saturated rings. The van der Waals surface area contributed by atoms with Crippen molar-refractivity contribution >= 4 is 5.69 Å². The van der Waals surface area contributed by atoms with Crippen molar-refractivity contribution < 1.29 is 0 Å². The van der Waals surface area contributed by atoms with Gasteiger partial charge in [0.25, 0.3) is 0 Å². The Kier molecular flexibility index (Phi) is 2.93. The van der Waals surface area contributed by atoms with Crippen LogP contribution in [0.25, 0.3) is 11.1 Å². The third-order valence-electron chi connectivity index (χ3n) is 2.16. The molecule has 0 bridgehead atoms. The van der Waals surface area contributed by atoms with Gasteiger partial charge in [-0.25, -0.2) is 9.97 Å². The molecular weight excluding hydrogens is 186 g/mol. The van der Waals surface area contributed by atoms with Crippen molar-refractivity contribution in [2.75, 3.05) is 11.9 Å². The smallest absolute Gasteiger partial charge is 0.115 e. The molecule has 0 aliphatic heterocycles. The molecule has 0 radical (unpaired) electrons. The van der Waals surface area contributed by atoms with Crippen LogP contribution in [-0.2, 0) is 0 Å². The molecule has 1 heterocycles. The van der Waals surface area contributed by atoms with Crippen LogP contribution in [0.15, 0.2) is 43.0 Å². The zero-order valence-electron chi connectivity index (χ0n) is 8.64. The van der Waals surface area contributed by atoms with E-state index >= 15 is 0 Å². The van der Waals surface area contributed by atoms with E-state index in [2.05, 4.69) is 46.5 Å². The van der Waals surface area contributed by atoms with Crippen LogP contribution in [0.4, 0.5) is 5.69 Å². The monoisotopic (exact) mass is 199 g/mol. The molecule has 15 heavy (non-hydrogen) atoms. The van der Waals surface area contributed by atoms with Gasteiger partial charge in [-0.1, -0.05) is 12.1 Å². The van der Waals surface area contributed by atoms with E-state index in [4.69, 9.17) is 0 Å². The molecule has 0 aliphatic rings. The number of rotatable bonds is 3. The maximum absolute atomic E-state index is 3.99. The van der Waals surface area contributed by atoms with Gasteiger partial charge in [0, 0.05) is 30.2 Å². The Morgan fingerprint density at radius 2 is 1.67 bits per heavy atom. The molecule has 2 aromatic rings. The van der Waals surface area contributed by atoms with E-state index in [-0.39, 0.29) is 0 Å². The first-order valence-electron chi connectivity index (χ1n) is 4.99. The summed E-state index contributed by atoms with van der Waals surface area (Å²) in [5.41, 5.74) is 3.32. The third-order valence-corrected chi connectivity index (χ3v) is 2.16. The topological polar surface area (TPSA) is 37.8 Å². The average Bonchev–Trinajstić information content (AvgIpc) is 2.32. The molecule has 76 valence electrons. The molecule has 3 heteroatoms. The van der Waals surface area contributed by atoms with Crippen molar-refractivity contribution in [3.63, 3.8) is 0 Å². The van der Waals surface area contributed by atoms with Crippen LogP contribution in [0.2, 0.25) is 0 Å². The molecule has 1 N–H and O–H groups in total. The normalized spacial score (nSPS) is 9.93.